The van der Waals surface area contributed by atoms with Gasteiger partial charge in [-0.1, -0.05) is 35.9 Å². The lowest BCUT2D eigenvalue weighted by Gasteiger charge is -2.10. The largest absolute Gasteiger partial charge is 0.497 e. The molecule has 0 spiro atoms. The van der Waals surface area contributed by atoms with Crippen molar-refractivity contribution in [1.29, 1.82) is 0 Å². The topological polar surface area (TPSA) is 39.4 Å². The molecule has 2 aromatic carbocycles. The summed E-state index contributed by atoms with van der Waals surface area (Å²) in [5.41, 5.74) is 2.78. The second-order valence-electron chi connectivity index (χ2n) is 6.47. The SMILES string of the molecule is COc1ccc(-c2c(C)nn3c(-c4cccc(C(F)(F)F)c4)cc(Cl)nc23)cc1. The van der Waals surface area contributed by atoms with E-state index in [4.69, 9.17) is 16.3 Å². The van der Waals surface area contributed by atoms with E-state index in [0.717, 1.165) is 23.3 Å². The van der Waals surface area contributed by atoms with Gasteiger partial charge in [0.15, 0.2) is 5.65 Å². The van der Waals surface area contributed by atoms with Crippen LogP contribution in [-0.4, -0.2) is 21.7 Å². The van der Waals surface area contributed by atoms with E-state index in [0.29, 0.717) is 28.3 Å². The van der Waals surface area contributed by atoms with Crippen molar-refractivity contribution >= 4 is 17.2 Å². The third kappa shape index (κ3) is 3.53. The van der Waals surface area contributed by atoms with Gasteiger partial charge in [0.05, 0.1) is 24.1 Å². The first-order valence-electron chi connectivity index (χ1n) is 8.66. The number of rotatable bonds is 3. The summed E-state index contributed by atoms with van der Waals surface area (Å²) >= 11 is 6.23. The van der Waals surface area contributed by atoms with Crippen LogP contribution < -0.4 is 4.74 Å². The van der Waals surface area contributed by atoms with Crippen LogP contribution in [0, 0.1) is 6.92 Å². The average Bonchev–Trinajstić information content (AvgIpc) is 3.02. The fourth-order valence-corrected chi connectivity index (χ4v) is 3.43. The molecular weight excluding hydrogens is 403 g/mol. The van der Waals surface area contributed by atoms with Crippen LogP contribution in [0.1, 0.15) is 11.3 Å². The Morgan fingerprint density at radius 3 is 2.38 bits per heavy atom. The molecule has 0 unspecified atom stereocenters. The summed E-state index contributed by atoms with van der Waals surface area (Å²) < 4.78 is 46.2. The van der Waals surface area contributed by atoms with Gasteiger partial charge in [0, 0.05) is 17.2 Å². The maximum absolute atomic E-state index is 13.2. The van der Waals surface area contributed by atoms with Crippen LogP contribution in [0.15, 0.2) is 54.6 Å². The zero-order valence-corrected chi connectivity index (χ0v) is 16.2. The molecule has 0 amide bonds. The lowest BCUT2D eigenvalue weighted by molar-refractivity contribution is -0.137. The van der Waals surface area contributed by atoms with Crippen molar-refractivity contribution in [2.45, 2.75) is 13.1 Å². The number of methoxy groups -OCH3 is 1. The molecule has 0 aliphatic carbocycles. The maximum Gasteiger partial charge on any atom is 0.416 e. The molecule has 0 radical (unpaired) electrons. The first kappa shape index (κ1) is 19.3. The number of alkyl halides is 3. The monoisotopic (exact) mass is 417 g/mol. The van der Waals surface area contributed by atoms with Gasteiger partial charge in [0.2, 0.25) is 0 Å². The van der Waals surface area contributed by atoms with Crippen LogP contribution in [0.4, 0.5) is 13.2 Å². The van der Waals surface area contributed by atoms with Gasteiger partial charge >= 0.3 is 6.18 Å². The van der Waals surface area contributed by atoms with E-state index in [1.165, 1.54) is 16.6 Å². The van der Waals surface area contributed by atoms with Crippen LogP contribution in [0.2, 0.25) is 5.15 Å². The summed E-state index contributed by atoms with van der Waals surface area (Å²) in [4.78, 5) is 4.39. The molecule has 148 valence electrons. The van der Waals surface area contributed by atoms with Gasteiger partial charge in [0.25, 0.3) is 0 Å². The maximum atomic E-state index is 13.2. The second-order valence-corrected chi connectivity index (χ2v) is 6.85. The summed E-state index contributed by atoms with van der Waals surface area (Å²) in [6.45, 7) is 1.82. The number of fused-ring (bicyclic) bond motifs is 1. The number of halogens is 4. The van der Waals surface area contributed by atoms with Crippen LogP contribution in [-0.2, 0) is 6.18 Å². The third-order valence-electron chi connectivity index (χ3n) is 4.60. The van der Waals surface area contributed by atoms with Gasteiger partial charge < -0.3 is 4.74 Å². The molecule has 0 atom stereocenters. The number of aromatic nitrogens is 3. The van der Waals surface area contributed by atoms with Crippen molar-refractivity contribution in [3.63, 3.8) is 0 Å². The number of hydrogen-bond acceptors (Lipinski definition) is 3. The van der Waals surface area contributed by atoms with Gasteiger partial charge in [-0.3, -0.25) is 0 Å². The van der Waals surface area contributed by atoms with E-state index in [2.05, 4.69) is 10.1 Å². The van der Waals surface area contributed by atoms with Crippen molar-refractivity contribution < 1.29 is 17.9 Å². The molecule has 0 fully saturated rings. The van der Waals surface area contributed by atoms with Crippen LogP contribution in [0.25, 0.3) is 28.0 Å². The Bertz CT molecular complexity index is 1200. The van der Waals surface area contributed by atoms with E-state index < -0.39 is 11.7 Å². The van der Waals surface area contributed by atoms with Crippen LogP contribution in [0.5, 0.6) is 5.75 Å². The Morgan fingerprint density at radius 1 is 1.00 bits per heavy atom. The Kier molecular flexibility index (Phi) is 4.70. The average molecular weight is 418 g/mol. The number of ether oxygens (including phenoxy) is 1. The van der Waals surface area contributed by atoms with Crippen molar-refractivity contribution in [3.8, 4) is 28.1 Å². The normalized spacial score (nSPS) is 11.8. The van der Waals surface area contributed by atoms with Crippen molar-refractivity contribution in [1.82, 2.24) is 14.6 Å². The highest BCUT2D eigenvalue weighted by Gasteiger charge is 2.30. The summed E-state index contributed by atoms with van der Waals surface area (Å²) in [7, 11) is 1.58. The van der Waals surface area contributed by atoms with E-state index in [1.807, 2.05) is 31.2 Å². The van der Waals surface area contributed by atoms with Gasteiger partial charge in [-0.05, 0) is 36.8 Å². The van der Waals surface area contributed by atoms with Gasteiger partial charge in [-0.25, -0.2) is 9.50 Å². The zero-order valence-electron chi connectivity index (χ0n) is 15.5. The molecule has 2 aromatic heterocycles. The van der Waals surface area contributed by atoms with Crippen LogP contribution >= 0.6 is 11.6 Å². The van der Waals surface area contributed by atoms with E-state index >= 15 is 0 Å². The molecule has 4 rings (SSSR count). The molecule has 4 aromatic rings. The molecular formula is C21H15ClF3N3O. The minimum atomic E-state index is -4.44. The van der Waals surface area contributed by atoms with Crippen molar-refractivity contribution in [2.24, 2.45) is 0 Å². The standard InChI is InChI=1S/C21H15ClF3N3O/c1-12-19(13-6-8-16(29-2)9-7-13)20-26-18(22)11-17(28(20)27-12)14-4-3-5-15(10-14)21(23,24)25/h3-11H,1-2H3. The second kappa shape index (κ2) is 7.08. The summed E-state index contributed by atoms with van der Waals surface area (Å²) in [6, 6.07) is 13.9. The summed E-state index contributed by atoms with van der Waals surface area (Å²) in [5.74, 6) is 0.707. The van der Waals surface area contributed by atoms with Gasteiger partial charge in [0.1, 0.15) is 10.9 Å². The highest BCUT2D eigenvalue weighted by Crippen LogP contribution is 2.35. The molecule has 29 heavy (non-hydrogen) atoms. The fourth-order valence-electron chi connectivity index (χ4n) is 3.25. The molecule has 4 nitrogen and oxygen atoms in total. The minimum Gasteiger partial charge on any atom is -0.497 e. The summed E-state index contributed by atoms with van der Waals surface area (Å²) in [5, 5.41) is 4.69. The predicted molar refractivity (Wildman–Crippen MR) is 105 cm³/mol. The first-order valence-corrected chi connectivity index (χ1v) is 9.03. The lowest BCUT2D eigenvalue weighted by atomic mass is 10.1. The molecule has 0 saturated carbocycles. The van der Waals surface area contributed by atoms with E-state index in [1.54, 1.807) is 13.2 Å². The molecule has 0 saturated heterocycles. The summed E-state index contributed by atoms with van der Waals surface area (Å²) in [6.07, 6.45) is -4.44. The number of hydrogen-bond donors (Lipinski definition) is 0. The lowest BCUT2D eigenvalue weighted by Crippen LogP contribution is -2.05. The molecule has 8 heteroatoms. The molecule has 0 aliphatic heterocycles. The smallest absolute Gasteiger partial charge is 0.416 e. The number of aryl methyl sites for hydroxylation is 1. The predicted octanol–water partition coefficient (Wildman–Crippen LogP) is 6.05. The Labute approximate surface area is 169 Å². The zero-order chi connectivity index (χ0) is 20.8. The molecule has 2 heterocycles. The van der Waals surface area contributed by atoms with E-state index in [-0.39, 0.29) is 5.15 Å². The highest BCUT2D eigenvalue weighted by molar-refractivity contribution is 6.29. The molecule has 0 N–H and O–H groups in total. The van der Waals surface area contributed by atoms with Crippen molar-refractivity contribution in [3.05, 3.63) is 71.0 Å². The quantitative estimate of drug-likeness (QED) is 0.381. The van der Waals surface area contributed by atoms with Crippen LogP contribution in [0.3, 0.4) is 0 Å². The number of benzene rings is 2. The molecule has 0 bridgehead atoms. The Balaban J connectivity index is 1.94. The van der Waals surface area contributed by atoms with Gasteiger partial charge in [-0.2, -0.15) is 18.3 Å². The fraction of sp³-hybridized carbons (Fsp3) is 0.143. The first-order chi connectivity index (χ1) is 13.8. The third-order valence-corrected chi connectivity index (χ3v) is 4.79. The minimum absolute atomic E-state index is 0.166. The Morgan fingerprint density at radius 2 is 1.72 bits per heavy atom. The van der Waals surface area contributed by atoms with Gasteiger partial charge in [-0.15, -0.1) is 0 Å². The molecule has 0 aliphatic rings. The van der Waals surface area contributed by atoms with Crippen molar-refractivity contribution in [2.75, 3.05) is 7.11 Å². The number of nitrogens with zero attached hydrogens (tertiary/aromatic N) is 3. The van der Waals surface area contributed by atoms with E-state index in [9.17, 15) is 13.2 Å². The Hall–Kier alpha value is -3.06. The highest BCUT2D eigenvalue weighted by atomic mass is 35.5.